The fourth-order valence-electron chi connectivity index (χ4n) is 2.00. The van der Waals surface area contributed by atoms with E-state index in [1.165, 1.54) is 21.1 Å². The molecule has 0 N–H and O–H groups in total. The van der Waals surface area contributed by atoms with E-state index in [0.29, 0.717) is 11.1 Å². The van der Waals surface area contributed by atoms with Gasteiger partial charge in [-0.2, -0.15) is 10.5 Å². The quantitative estimate of drug-likeness (QED) is 0.536. The predicted octanol–water partition coefficient (Wildman–Crippen LogP) is 6.02. The molecule has 0 atom stereocenters. The number of nitriles is 2. The highest BCUT2D eigenvalue weighted by Crippen LogP contribution is 2.43. The maximum atomic E-state index is 9.34. The molecule has 0 bridgehead atoms. The third-order valence-electron chi connectivity index (χ3n) is 2.95. The molecule has 0 saturated carbocycles. The first-order chi connectivity index (χ1) is 10.1. The molecule has 0 unspecified atom stereocenters. The third-order valence-corrected chi connectivity index (χ3v) is 7.14. The van der Waals surface area contributed by atoms with Crippen LogP contribution in [0.3, 0.4) is 0 Å². The van der Waals surface area contributed by atoms with Gasteiger partial charge < -0.3 is 0 Å². The van der Waals surface area contributed by atoms with E-state index < -0.39 is 0 Å². The number of halogens is 1. The normalized spacial score (nSPS) is 10.3. The van der Waals surface area contributed by atoms with Crippen LogP contribution >= 0.6 is 49.9 Å². The van der Waals surface area contributed by atoms with Crippen molar-refractivity contribution in [3.63, 3.8) is 0 Å². The van der Waals surface area contributed by atoms with Crippen LogP contribution in [0.4, 0.5) is 0 Å². The minimum absolute atomic E-state index is 0.501. The average molecular weight is 391 g/mol. The molecular weight excluding hydrogens is 384 g/mol. The summed E-state index contributed by atoms with van der Waals surface area (Å²) in [6, 6.07) is 12.5. The lowest BCUT2D eigenvalue weighted by Gasteiger charge is -1.93. The fraction of sp³-hybridized carbons (Fsp3) is 0.0667. The first-order valence-electron chi connectivity index (χ1n) is 5.93. The molecule has 0 aromatic carbocycles. The Labute approximate surface area is 142 Å². The van der Waals surface area contributed by atoms with Gasteiger partial charge in [-0.05, 0) is 47.1 Å². The zero-order valence-electron chi connectivity index (χ0n) is 10.8. The first kappa shape index (κ1) is 14.5. The molecule has 0 aliphatic rings. The number of rotatable bonds is 2. The van der Waals surface area contributed by atoms with Gasteiger partial charge >= 0.3 is 0 Å². The molecule has 6 heteroatoms. The lowest BCUT2D eigenvalue weighted by Crippen LogP contribution is -1.79. The lowest BCUT2D eigenvalue weighted by molar-refractivity contribution is 1.43. The highest BCUT2D eigenvalue weighted by Gasteiger charge is 2.18. The molecule has 0 aliphatic carbocycles. The number of aryl methyl sites for hydroxylation is 1. The average Bonchev–Trinajstić information content (AvgIpc) is 3.15. The Morgan fingerprint density at radius 1 is 0.857 bits per heavy atom. The molecular formula is C15H7BrN2S3. The molecule has 102 valence electrons. The molecule has 21 heavy (non-hydrogen) atoms. The largest absolute Gasteiger partial charge is 0.192 e. The van der Waals surface area contributed by atoms with Crippen molar-refractivity contribution >= 4 is 49.9 Å². The molecule has 3 aromatic heterocycles. The lowest BCUT2D eigenvalue weighted by atomic mass is 10.1. The summed E-state index contributed by atoms with van der Waals surface area (Å²) >= 11 is 8.33. The van der Waals surface area contributed by atoms with Crippen LogP contribution in [0.25, 0.3) is 19.5 Å². The van der Waals surface area contributed by atoms with Crippen molar-refractivity contribution in [3.05, 3.63) is 44.1 Å². The standard InChI is InChI=1S/C15H7BrN2S3/c1-8-9(6-17)10(7-18)15(19-8)13-3-2-11(20-13)12-4-5-14(16)21-12/h2-5H,1H3. The highest BCUT2D eigenvalue weighted by molar-refractivity contribution is 9.11. The predicted molar refractivity (Wildman–Crippen MR) is 92.8 cm³/mol. The van der Waals surface area contributed by atoms with Gasteiger partial charge in [0.1, 0.15) is 12.1 Å². The maximum absolute atomic E-state index is 9.34. The number of hydrogen-bond acceptors (Lipinski definition) is 5. The Kier molecular flexibility index (Phi) is 3.97. The highest BCUT2D eigenvalue weighted by atomic mass is 79.9. The molecule has 0 fully saturated rings. The molecule has 2 nitrogen and oxygen atoms in total. The van der Waals surface area contributed by atoms with Gasteiger partial charge in [-0.1, -0.05) is 0 Å². The van der Waals surface area contributed by atoms with Crippen LogP contribution in [0, 0.1) is 29.6 Å². The Bertz CT molecular complexity index is 902. The van der Waals surface area contributed by atoms with Gasteiger partial charge in [-0.25, -0.2) is 0 Å². The van der Waals surface area contributed by atoms with Gasteiger partial charge in [-0.3, -0.25) is 0 Å². The summed E-state index contributed by atoms with van der Waals surface area (Å²) in [5.41, 5.74) is 1.01. The summed E-state index contributed by atoms with van der Waals surface area (Å²) in [4.78, 5) is 5.22. The van der Waals surface area contributed by atoms with Crippen molar-refractivity contribution in [3.8, 4) is 31.6 Å². The van der Waals surface area contributed by atoms with Gasteiger partial charge in [0.05, 0.1) is 19.8 Å². The van der Waals surface area contributed by atoms with Gasteiger partial charge in [0.2, 0.25) is 0 Å². The van der Waals surface area contributed by atoms with Crippen molar-refractivity contribution in [2.75, 3.05) is 0 Å². The summed E-state index contributed by atoms with van der Waals surface area (Å²) in [6.45, 7) is 1.89. The van der Waals surface area contributed by atoms with E-state index in [1.807, 2.05) is 19.1 Å². The Morgan fingerprint density at radius 2 is 1.48 bits per heavy atom. The summed E-state index contributed by atoms with van der Waals surface area (Å²) in [5, 5.41) is 18.5. The van der Waals surface area contributed by atoms with Crippen LogP contribution in [-0.2, 0) is 0 Å². The van der Waals surface area contributed by atoms with Crippen molar-refractivity contribution in [2.24, 2.45) is 0 Å². The fourth-order valence-corrected chi connectivity index (χ4v) is 5.65. The van der Waals surface area contributed by atoms with E-state index in [0.717, 1.165) is 18.4 Å². The Morgan fingerprint density at radius 3 is 2.10 bits per heavy atom. The monoisotopic (exact) mass is 390 g/mol. The first-order valence-corrected chi connectivity index (χ1v) is 9.17. The molecule has 3 aromatic rings. The summed E-state index contributed by atoms with van der Waals surface area (Å²) < 4.78 is 1.10. The third kappa shape index (κ3) is 2.56. The van der Waals surface area contributed by atoms with Crippen LogP contribution in [0.1, 0.15) is 16.0 Å². The van der Waals surface area contributed by atoms with Gasteiger partial charge in [0, 0.05) is 19.5 Å². The van der Waals surface area contributed by atoms with E-state index in [1.54, 1.807) is 22.7 Å². The minimum atomic E-state index is 0.501. The minimum Gasteiger partial charge on any atom is -0.192 e. The second kappa shape index (κ2) is 5.75. The van der Waals surface area contributed by atoms with Crippen molar-refractivity contribution in [1.82, 2.24) is 0 Å². The molecule has 0 saturated heterocycles. The number of nitrogens with zero attached hydrogens (tertiary/aromatic N) is 2. The van der Waals surface area contributed by atoms with E-state index >= 15 is 0 Å². The smallest absolute Gasteiger partial charge is 0.102 e. The van der Waals surface area contributed by atoms with E-state index in [9.17, 15) is 10.5 Å². The second-order valence-electron chi connectivity index (χ2n) is 4.23. The van der Waals surface area contributed by atoms with Crippen LogP contribution in [0.2, 0.25) is 0 Å². The van der Waals surface area contributed by atoms with Crippen molar-refractivity contribution in [1.29, 1.82) is 10.5 Å². The molecule has 0 radical (unpaired) electrons. The van der Waals surface area contributed by atoms with E-state index in [-0.39, 0.29) is 0 Å². The Balaban J connectivity index is 2.09. The summed E-state index contributed by atoms with van der Waals surface area (Å²) in [5.74, 6) is 0. The van der Waals surface area contributed by atoms with Gasteiger partial charge in [0.25, 0.3) is 0 Å². The number of thiophene rings is 3. The van der Waals surface area contributed by atoms with E-state index in [4.69, 9.17) is 0 Å². The zero-order chi connectivity index (χ0) is 15.0. The van der Waals surface area contributed by atoms with E-state index in [2.05, 4.69) is 40.2 Å². The maximum Gasteiger partial charge on any atom is 0.102 e. The van der Waals surface area contributed by atoms with Crippen LogP contribution in [-0.4, -0.2) is 0 Å². The molecule has 3 heterocycles. The zero-order valence-corrected chi connectivity index (χ0v) is 14.8. The molecule has 3 rings (SSSR count). The SMILES string of the molecule is Cc1sc(-c2ccc(-c3ccc(Br)s3)s2)c(C#N)c1C#N. The second-order valence-corrected chi connectivity index (χ2v) is 9.00. The number of hydrogen-bond donors (Lipinski definition) is 0. The van der Waals surface area contributed by atoms with Gasteiger partial charge in [-0.15, -0.1) is 34.0 Å². The van der Waals surface area contributed by atoms with Crippen LogP contribution in [0.15, 0.2) is 28.1 Å². The summed E-state index contributed by atoms with van der Waals surface area (Å²) in [7, 11) is 0. The van der Waals surface area contributed by atoms with Crippen LogP contribution in [0.5, 0.6) is 0 Å². The van der Waals surface area contributed by atoms with Crippen molar-refractivity contribution < 1.29 is 0 Å². The summed E-state index contributed by atoms with van der Waals surface area (Å²) in [6.07, 6.45) is 0. The topological polar surface area (TPSA) is 47.6 Å². The van der Waals surface area contributed by atoms with Crippen molar-refractivity contribution in [2.45, 2.75) is 6.92 Å². The molecule has 0 amide bonds. The van der Waals surface area contributed by atoms with Crippen LogP contribution < -0.4 is 0 Å². The molecule has 0 aliphatic heterocycles. The Hall–Kier alpha value is -1.44. The molecule has 0 spiro atoms. The van der Waals surface area contributed by atoms with Gasteiger partial charge in [0.15, 0.2) is 0 Å².